The van der Waals surface area contributed by atoms with Gasteiger partial charge in [0.25, 0.3) is 0 Å². The van der Waals surface area contributed by atoms with Gasteiger partial charge < -0.3 is 5.32 Å². The van der Waals surface area contributed by atoms with Crippen molar-refractivity contribution in [2.24, 2.45) is 11.8 Å². The maximum absolute atomic E-state index is 11.1. The number of amides is 1. The molecule has 1 saturated carbocycles. The van der Waals surface area contributed by atoms with Gasteiger partial charge in [-0.15, -0.1) is 0 Å². The lowest BCUT2D eigenvalue weighted by molar-refractivity contribution is -0.117. The van der Waals surface area contributed by atoms with E-state index in [0.29, 0.717) is 6.04 Å². The second kappa shape index (κ2) is 5.18. The Morgan fingerprint density at radius 3 is 2.79 bits per heavy atom. The van der Waals surface area contributed by atoms with E-state index in [1.54, 1.807) is 0 Å². The quantitative estimate of drug-likeness (QED) is 0.689. The zero-order chi connectivity index (χ0) is 10.6. The number of nitrogens with one attached hydrogen (secondary N) is 1. The van der Waals surface area contributed by atoms with Crippen LogP contribution in [0, 0.1) is 11.8 Å². The number of rotatable bonds is 3. The molecule has 0 aromatic heterocycles. The predicted octanol–water partition coefficient (Wildman–Crippen LogP) is 2.50. The fourth-order valence-electron chi connectivity index (χ4n) is 2.22. The summed E-state index contributed by atoms with van der Waals surface area (Å²) in [5.74, 6) is 1.48. The van der Waals surface area contributed by atoms with E-state index in [1.165, 1.54) is 18.9 Å². The van der Waals surface area contributed by atoms with E-state index in [2.05, 4.69) is 25.7 Å². The second-order valence-electron chi connectivity index (χ2n) is 4.58. The highest BCUT2D eigenvalue weighted by Crippen LogP contribution is 2.29. The molecule has 1 aliphatic carbocycles. The highest BCUT2D eigenvalue weighted by molar-refractivity contribution is 5.87. The van der Waals surface area contributed by atoms with Crippen molar-refractivity contribution in [2.75, 3.05) is 0 Å². The third kappa shape index (κ3) is 3.17. The van der Waals surface area contributed by atoms with Crippen molar-refractivity contribution in [2.45, 2.75) is 45.6 Å². The molecular formula is C12H21NO. The molecule has 1 amide bonds. The van der Waals surface area contributed by atoms with Crippen LogP contribution in [0.1, 0.15) is 39.5 Å². The molecule has 1 N–H and O–H groups in total. The molecule has 0 saturated heterocycles. The smallest absolute Gasteiger partial charge is 0.243 e. The summed E-state index contributed by atoms with van der Waals surface area (Å²) in [6.45, 7) is 8.00. The lowest BCUT2D eigenvalue weighted by Gasteiger charge is -2.31. The molecular weight excluding hydrogens is 174 g/mol. The third-order valence-electron chi connectivity index (χ3n) is 3.19. The minimum atomic E-state index is -0.0283. The normalized spacial score (nSPS) is 27.4. The first-order valence-electron chi connectivity index (χ1n) is 5.56. The third-order valence-corrected chi connectivity index (χ3v) is 3.19. The fourth-order valence-corrected chi connectivity index (χ4v) is 2.22. The van der Waals surface area contributed by atoms with Crippen LogP contribution in [0.4, 0.5) is 0 Å². The van der Waals surface area contributed by atoms with Crippen molar-refractivity contribution in [1.29, 1.82) is 0 Å². The summed E-state index contributed by atoms with van der Waals surface area (Å²) in [7, 11) is 0. The Kier molecular flexibility index (Phi) is 4.18. The zero-order valence-corrected chi connectivity index (χ0v) is 9.25. The summed E-state index contributed by atoms with van der Waals surface area (Å²) in [6, 6.07) is 0.377. The van der Waals surface area contributed by atoms with Crippen LogP contribution >= 0.6 is 0 Å². The largest absolute Gasteiger partial charge is 0.350 e. The van der Waals surface area contributed by atoms with Crippen molar-refractivity contribution in [3.63, 3.8) is 0 Å². The Hall–Kier alpha value is -0.790. The SMILES string of the molecule is C=CC(=O)N[C@H]1CCCC(C(C)C)C1. The van der Waals surface area contributed by atoms with Gasteiger partial charge in [-0.2, -0.15) is 0 Å². The fraction of sp³-hybridized carbons (Fsp3) is 0.750. The van der Waals surface area contributed by atoms with Crippen molar-refractivity contribution >= 4 is 5.91 Å². The summed E-state index contributed by atoms with van der Waals surface area (Å²) in [4.78, 5) is 11.1. The van der Waals surface area contributed by atoms with Gasteiger partial charge in [-0.25, -0.2) is 0 Å². The highest BCUT2D eigenvalue weighted by Gasteiger charge is 2.24. The lowest BCUT2D eigenvalue weighted by Crippen LogP contribution is -2.38. The molecule has 1 rings (SSSR count). The molecule has 1 fully saturated rings. The summed E-state index contributed by atoms with van der Waals surface area (Å²) < 4.78 is 0. The van der Waals surface area contributed by atoms with Gasteiger partial charge in [-0.1, -0.05) is 33.3 Å². The molecule has 80 valence electrons. The topological polar surface area (TPSA) is 29.1 Å². The lowest BCUT2D eigenvalue weighted by atomic mass is 9.79. The standard InChI is InChI=1S/C12H21NO/c1-4-12(14)13-11-7-5-6-10(8-11)9(2)3/h4,9-11H,1,5-8H2,2-3H3,(H,13,14)/t10?,11-/m0/s1. The average molecular weight is 195 g/mol. The van der Waals surface area contributed by atoms with Gasteiger partial charge >= 0.3 is 0 Å². The Bertz CT molecular complexity index is 210. The Morgan fingerprint density at radius 1 is 1.50 bits per heavy atom. The molecule has 1 unspecified atom stereocenters. The van der Waals surface area contributed by atoms with Gasteiger partial charge in [0.1, 0.15) is 0 Å². The van der Waals surface area contributed by atoms with Crippen molar-refractivity contribution in [1.82, 2.24) is 5.32 Å². The molecule has 0 heterocycles. The van der Waals surface area contributed by atoms with Crippen LogP contribution in [-0.2, 0) is 4.79 Å². The van der Waals surface area contributed by atoms with Crippen molar-refractivity contribution in [3.05, 3.63) is 12.7 Å². The molecule has 0 aliphatic heterocycles. The van der Waals surface area contributed by atoms with Crippen LogP contribution in [0.3, 0.4) is 0 Å². The van der Waals surface area contributed by atoms with E-state index in [9.17, 15) is 4.79 Å². The van der Waals surface area contributed by atoms with Gasteiger partial charge in [0, 0.05) is 6.04 Å². The number of hydrogen-bond acceptors (Lipinski definition) is 1. The van der Waals surface area contributed by atoms with Crippen LogP contribution < -0.4 is 5.32 Å². The van der Waals surface area contributed by atoms with Gasteiger partial charge in [0.05, 0.1) is 0 Å². The van der Waals surface area contributed by atoms with Gasteiger partial charge in [-0.3, -0.25) is 4.79 Å². The summed E-state index contributed by atoms with van der Waals surface area (Å²) >= 11 is 0. The number of hydrogen-bond donors (Lipinski definition) is 1. The van der Waals surface area contributed by atoms with E-state index in [1.807, 2.05) is 0 Å². The monoisotopic (exact) mass is 195 g/mol. The predicted molar refractivity (Wildman–Crippen MR) is 58.9 cm³/mol. The Balaban J connectivity index is 2.39. The second-order valence-corrected chi connectivity index (χ2v) is 4.58. The van der Waals surface area contributed by atoms with Crippen LogP contribution in [0.2, 0.25) is 0 Å². The van der Waals surface area contributed by atoms with E-state index in [0.717, 1.165) is 24.7 Å². The van der Waals surface area contributed by atoms with Crippen LogP contribution in [0.5, 0.6) is 0 Å². The summed E-state index contributed by atoms with van der Waals surface area (Å²) in [6.07, 6.45) is 6.18. The van der Waals surface area contributed by atoms with Crippen LogP contribution in [-0.4, -0.2) is 11.9 Å². The van der Waals surface area contributed by atoms with E-state index < -0.39 is 0 Å². The molecule has 2 heteroatoms. The summed E-state index contributed by atoms with van der Waals surface area (Å²) in [5.41, 5.74) is 0. The maximum Gasteiger partial charge on any atom is 0.243 e. The van der Waals surface area contributed by atoms with Gasteiger partial charge in [0.2, 0.25) is 5.91 Å². The van der Waals surface area contributed by atoms with Crippen molar-refractivity contribution in [3.8, 4) is 0 Å². The first kappa shape index (κ1) is 11.3. The minimum absolute atomic E-state index is 0.0283. The highest BCUT2D eigenvalue weighted by atomic mass is 16.1. The van der Waals surface area contributed by atoms with Gasteiger partial charge in [-0.05, 0) is 30.8 Å². The Morgan fingerprint density at radius 2 is 2.21 bits per heavy atom. The molecule has 14 heavy (non-hydrogen) atoms. The average Bonchev–Trinajstić information content (AvgIpc) is 2.18. The maximum atomic E-state index is 11.1. The number of carbonyl (C=O) groups is 1. The molecule has 0 aromatic rings. The van der Waals surface area contributed by atoms with Crippen molar-refractivity contribution < 1.29 is 4.79 Å². The minimum Gasteiger partial charge on any atom is -0.350 e. The van der Waals surface area contributed by atoms with E-state index >= 15 is 0 Å². The first-order valence-corrected chi connectivity index (χ1v) is 5.56. The first-order chi connectivity index (χ1) is 6.63. The molecule has 0 radical (unpaired) electrons. The van der Waals surface area contributed by atoms with E-state index in [-0.39, 0.29) is 5.91 Å². The van der Waals surface area contributed by atoms with E-state index in [4.69, 9.17) is 0 Å². The summed E-state index contributed by atoms with van der Waals surface area (Å²) in [5, 5.41) is 3.00. The number of carbonyl (C=O) groups excluding carboxylic acids is 1. The molecule has 0 aromatic carbocycles. The molecule has 2 atom stereocenters. The van der Waals surface area contributed by atoms with Gasteiger partial charge in [0.15, 0.2) is 0 Å². The zero-order valence-electron chi connectivity index (χ0n) is 9.25. The van der Waals surface area contributed by atoms with Crippen LogP contribution in [0.15, 0.2) is 12.7 Å². The Labute approximate surface area is 86.8 Å². The molecule has 0 spiro atoms. The molecule has 1 aliphatic rings. The molecule has 2 nitrogen and oxygen atoms in total. The molecule has 0 bridgehead atoms. The van der Waals surface area contributed by atoms with Crippen LogP contribution in [0.25, 0.3) is 0 Å².